The molecule has 1 rings (SSSR count). The molecule has 1 heterocycles. The Morgan fingerprint density at radius 3 is 2.59 bits per heavy atom. The van der Waals surface area contributed by atoms with Gasteiger partial charge < -0.3 is 4.52 Å². The molecule has 0 aliphatic carbocycles. The summed E-state index contributed by atoms with van der Waals surface area (Å²) in [6.07, 6.45) is 1.27. The van der Waals surface area contributed by atoms with Crippen molar-refractivity contribution < 1.29 is 12.9 Å². The number of nitrogens with one attached hydrogen (secondary N) is 1. The van der Waals surface area contributed by atoms with Gasteiger partial charge in [0.2, 0.25) is 10.0 Å². The normalized spacial score (nSPS) is 11.9. The molecule has 0 aliphatic heterocycles. The number of aromatic nitrogens is 1. The Morgan fingerprint density at radius 2 is 2.06 bits per heavy atom. The number of hydrogen-bond donors (Lipinski definition) is 1. The second-order valence-corrected chi connectivity index (χ2v) is 6.14. The van der Waals surface area contributed by atoms with Gasteiger partial charge in [0.25, 0.3) is 0 Å². The van der Waals surface area contributed by atoms with Gasteiger partial charge in [-0.2, -0.15) is 0 Å². The van der Waals surface area contributed by atoms with E-state index >= 15 is 0 Å². The topological polar surface area (TPSA) is 72.2 Å². The molecular weight excluding hydrogens is 264 g/mol. The summed E-state index contributed by atoms with van der Waals surface area (Å²) in [5, 5.41) is 3.76. The van der Waals surface area contributed by atoms with Crippen LogP contribution in [0.2, 0.25) is 0 Å². The van der Waals surface area contributed by atoms with E-state index in [0.29, 0.717) is 30.2 Å². The molecule has 0 spiro atoms. The van der Waals surface area contributed by atoms with Crippen LogP contribution in [0.4, 0.5) is 0 Å². The van der Waals surface area contributed by atoms with Gasteiger partial charge in [-0.25, -0.2) is 13.1 Å². The van der Waals surface area contributed by atoms with Crippen LogP contribution in [0.5, 0.6) is 0 Å². The summed E-state index contributed by atoms with van der Waals surface area (Å²) in [6.45, 7) is 3.77. The van der Waals surface area contributed by atoms with E-state index in [0.717, 1.165) is 5.56 Å². The number of alkyl halides is 1. The number of unbranched alkanes of at least 4 members (excludes halogenated alkanes) is 1. The van der Waals surface area contributed by atoms with Gasteiger partial charge in [0.15, 0.2) is 0 Å². The molecule has 0 unspecified atom stereocenters. The third-order valence-electron chi connectivity index (χ3n) is 2.45. The van der Waals surface area contributed by atoms with Crippen molar-refractivity contribution in [3.05, 3.63) is 17.0 Å². The Hall–Kier alpha value is -0.590. The van der Waals surface area contributed by atoms with Crippen molar-refractivity contribution in [1.82, 2.24) is 9.88 Å². The van der Waals surface area contributed by atoms with Gasteiger partial charge in [0.1, 0.15) is 5.76 Å². The summed E-state index contributed by atoms with van der Waals surface area (Å²) < 4.78 is 30.7. The largest absolute Gasteiger partial charge is 0.361 e. The summed E-state index contributed by atoms with van der Waals surface area (Å²) in [5.41, 5.74) is 1.51. The lowest BCUT2D eigenvalue weighted by atomic mass is 10.2. The molecule has 0 bridgehead atoms. The zero-order valence-electron chi connectivity index (χ0n) is 9.99. The van der Waals surface area contributed by atoms with Crippen molar-refractivity contribution >= 4 is 21.6 Å². The first-order valence-electron chi connectivity index (χ1n) is 5.41. The molecule has 1 aromatic heterocycles. The van der Waals surface area contributed by atoms with Gasteiger partial charge in [-0.15, -0.1) is 11.6 Å². The van der Waals surface area contributed by atoms with Crippen molar-refractivity contribution in [3.8, 4) is 0 Å². The molecule has 5 nitrogen and oxygen atoms in total. The zero-order valence-corrected chi connectivity index (χ0v) is 11.6. The fraction of sp³-hybridized carbons (Fsp3) is 0.700. The highest BCUT2D eigenvalue weighted by Gasteiger charge is 2.14. The van der Waals surface area contributed by atoms with Crippen LogP contribution >= 0.6 is 11.6 Å². The lowest BCUT2D eigenvalue weighted by Gasteiger charge is -2.05. The van der Waals surface area contributed by atoms with E-state index in [4.69, 9.17) is 16.1 Å². The lowest BCUT2D eigenvalue weighted by molar-refractivity contribution is 0.392. The Labute approximate surface area is 107 Å². The molecule has 1 N–H and O–H groups in total. The molecule has 0 saturated heterocycles. The van der Waals surface area contributed by atoms with E-state index < -0.39 is 10.0 Å². The first kappa shape index (κ1) is 14.5. The van der Waals surface area contributed by atoms with Crippen molar-refractivity contribution in [2.75, 3.05) is 11.6 Å². The van der Waals surface area contributed by atoms with Crippen LogP contribution in [0.15, 0.2) is 4.52 Å². The van der Waals surface area contributed by atoms with E-state index in [1.165, 1.54) is 0 Å². The molecule has 7 heteroatoms. The number of sulfonamides is 1. The van der Waals surface area contributed by atoms with Crippen molar-refractivity contribution in [2.45, 2.75) is 33.2 Å². The van der Waals surface area contributed by atoms with Crippen molar-refractivity contribution in [1.29, 1.82) is 0 Å². The van der Waals surface area contributed by atoms with Gasteiger partial charge in [-0.3, -0.25) is 0 Å². The monoisotopic (exact) mass is 280 g/mol. The fourth-order valence-corrected chi connectivity index (χ4v) is 2.68. The fourth-order valence-electron chi connectivity index (χ4n) is 1.40. The molecule has 0 aliphatic rings. The summed E-state index contributed by atoms with van der Waals surface area (Å²) in [6, 6.07) is 0. The highest BCUT2D eigenvalue weighted by atomic mass is 35.5. The third-order valence-corrected chi connectivity index (χ3v) is 4.12. The Bertz CT molecular complexity index is 437. The molecule has 98 valence electrons. The molecular formula is C10H17ClN2O3S. The molecule has 0 fully saturated rings. The average molecular weight is 281 g/mol. The minimum absolute atomic E-state index is 0.100. The summed E-state index contributed by atoms with van der Waals surface area (Å²) in [7, 11) is -3.24. The maximum Gasteiger partial charge on any atom is 0.211 e. The summed E-state index contributed by atoms with van der Waals surface area (Å²) >= 11 is 5.49. The number of hydrogen-bond acceptors (Lipinski definition) is 4. The summed E-state index contributed by atoms with van der Waals surface area (Å²) in [4.78, 5) is 0. The molecule has 0 aromatic carbocycles. The first-order chi connectivity index (χ1) is 7.96. The second kappa shape index (κ2) is 6.37. The van der Waals surface area contributed by atoms with E-state index in [9.17, 15) is 8.42 Å². The van der Waals surface area contributed by atoms with Gasteiger partial charge >= 0.3 is 0 Å². The van der Waals surface area contributed by atoms with E-state index in [1.54, 1.807) is 13.8 Å². The second-order valence-electron chi connectivity index (χ2n) is 3.84. The van der Waals surface area contributed by atoms with Crippen LogP contribution < -0.4 is 4.72 Å². The van der Waals surface area contributed by atoms with E-state index in [-0.39, 0.29) is 12.3 Å². The minimum atomic E-state index is -3.24. The van der Waals surface area contributed by atoms with Crippen molar-refractivity contribution in [3.63, 3.8) is 0 Å². The average Bonchev–Trinajstić information content (AvgIpc) is 2.56. The molecule has 0 atom stereocenters. The Kier molecular flexibility index (Phi) is 5.42. The van der Waals surface area contributed by atoms with Crippen LogP contribution in [-0.2, 0) is 16.6 Å². The van der Waals surface area contributed by atoms with Crippen LogP contribution in [0.1, 0.15) is 29.9 Å². The zero-order chi connectivity index (χ0) is 12.9. The number of nitrogens with zero attached hydrogens (tertiary/aromatic N) is 1. The van der Waals surface area contributed by atoms with E-state index in [2.05, 4.69) is 9.88 Å². The number of aryl methyl sites for hydroxylation is 2. The van der Waals surface area contributed by atoms with E-state index in [1.807, 2.05) is 0 Å². The predicted octanol–water partition coefficient (Wildman–Crippen LogP) is 1.73. The SMILES string of the molecule is Cc1noc(C)c1CNS(=O)(=O)CCCCCl. The maximum atomic E-state index is 11.6. The van der Waals surface area contributed by atoms with Gasteiger partial charge in [-0.1, -0.05) is 5.16 Å². The smallest absolute Gasteiger partial charge is 0.211 e. The minimum Gasteiger partial charge on any atom is -0.361 e. The highest BCUT2D eigenvalue weighted by Crippen LogP contribution is 2.12. The third kappa shape index (κ3) is 4.65. The quantitative estimate of drug-likeness (QED) is 0.610. The lowest BCUT2D eigenvalue weighted by Crippen LogP contribution is -2.26. The summed E-state index contributed by atoms with van der Waals surface area (Å²) in [5.74, 6) is 1.23. The Morgan fingerprint density at radius 1 is 1.35 bits per heavy atom. The van der Waals surface area contributed by atoms with Crippen molar-refractivity contribution in [2.24, 2.45) is 0 Å². The van der Waals surface area contributed by atoms with Gasteiger partial charge in [0, 0.05) is 18.0 Å². The van der Waals surface area contributed by atoms with Gasteiger partial charge in [0.05, 0.1) is 11.4 Å². The first-order valence-corrected chi connectivity index (χ1v) is 7.60. The number of halogens is 1. The van der Waals surface area contributed by atoms with Crippen LogP contribution in [-0.4, -0.2) is 25.2 Å². The molecule has 17 heavy (non-hydrogen) atoms. The molecule has 0 amide bonds. The predicted molar refractivity (Wildman–Crippen MR) is 66.6 cm³/mol. The maximum absolute atomic E-state index is 11.6. The molecule has 1 aromatic rings. The highest BCUT2D eigenvalue weighted by molar-refractivity contribution is 7.89. The molecule has 0 radical (unpaired) electrons. The Balaban J connectivity index is 2.50. The van der Waals surface area contributed by atoms with Crippen LogP contribution in [0.25, 0.3) is 0 Å². The molecule has 0 saturated carbocycles. The van der Waals surface area contributed by atoms with Crippen LogP contribution in [0, 0.1) is 13.8 Å². The number of rotatable bonds is 7. The van der Waals surface area contributed by atoms with Crippen LogP contribution in [0.3, 0.4) is 0 Å². The standard InChI is InChI=1S/C10H17ClN2O3S/c1-8-10(9(2)16-13-8)7-12-17(14,15)6-4-3-5-11/h12H,3-7H2,1-2H3. The van der Waals surface area contributed by atoms with Gasteiger partial charge in [-0.05, 0) is 26.7 Å².